The number of amides is 1. The topological polar surface area (TPSA) is 56.1 Å². The normalized spacial score (nSPS) is 28.3. The Morgan fingerprint density at radius 1 is 1.23 bits per heavy atom. The predicted molar refractivity (Wildman–Crippen MR) is 97.3 cm³/mol. The molecule has 26 heavy (non-hydrogen) atoms. The Kier molecular flexibility index (Phi) is 7.36. The molecule has 0 spiro atoms. The maximum atomic E-state index is 13.4. The van der Waals surface area contributed by atoms with E-state index in [0.717, 1.165) is 25.7 Å². The van der Waals surface area contributed by atoms with Crippen molar-refractivity contribution < 1.29 is 13.6 Å². The lowest BCUT2D eigenvalue weighted by atomic mass is 9.82. The first-order valence-corrected chi connectivity index (χ1v) is 8.89. The van der Waals surface area contributed by atoms with E-state index in [4.69, 9.17) is 5.26 Å². The molecule has 2 aliphatic rings. The average Bonchev–Trinajstić information content (AvgIpc) is 3.02. The van der Waals surface area contributed by atoms with Crippen molar-refractivity contribution in [1.82, 2.24) is 10.2 Å². The number of hydrogen-bond donors (Lipinski definition) is 1. The Bertz CT molecular complexity index is 641. The zero-order chi connectivity index (χ0) is 17.8. The lowest BCUT2D eigenvalue weighted by Gasteiger charge is -2.30. The molecule has 1 aromatic rings. The van der Waals surface area contributed by atoms with Gasteiger partial charge >= 0.3 is 0 Å². The highest BCUT2D eigenvalue weighted by Crippen LogP contribution is 2.32. The van der Waals surface area contributed by atoms with Gasteiger partial charge in [-0.25, -0.2) is 8.78 Å². The molecule has 1 aliphatic carbocycles. The van der Waals surface area contributed by atoms with Gasteiger partial charge in [0.15, 0.2) is 0 Å². The van der Waals surface area contributed by atoms with E-state index < -0.39 is 12.2 Å². The first-order valence-electron chi connectivity index (χ1n) is 8.89. The number of carbonyl (C=O) groups is 1. The Hall–Kier alpha value is -1.71. The number of alkyl halides is 1. The Balaban J connectivity index is 0.00000243. The van der Waals surface area contributed by atoms with E-state index in [0.29, 0.717) is 5.92 Å². The number of halogens is 3. The number of likely N-dealkylation sites (tertiary alicyclic amines) is 1. The van der Waals surface area contributed by atoms with Crippen LogP contribution in [0.2, 0.25) is 0 Å². The molecule has 1 aromatic carbocycles. The Morgan fingerprint density at radius 2 is 1.88 bits per heavy atom. The summed E-state index contributed by atoms with van der Waals surface area (Å²) in [5.41, 5.74) is 1.17. The van der Waals surface area contributed by atoms with Crippen LogP contribution in [0.1, 0.15) is 43.6 Å². The average molecular weight is 384 g/mol. The standard InChI is InChI=1S/C19H23F2N3O.ClH/c20-15-5-1-13(2-6-15)14-3-7-17(8-4-14)23-11-19(25)24-12-16(21)9-18(24)10-22;/h1-2,5-6,14,16-18,23H,3-4,7-9,11-12H2;1H. The number of nitriles is 1. The predicted octanol–water partition coefficient (Wildman–Crippen LogP) is 3.33. The summed E-state index contributed by atoms with van der Waals surface area (Å²) in [6, 6.07) is 8.31. The quantitative estimate of drug-likeness (QED) is 0.867. The van der Waals surface area contributed by atoms with Crippen LogP contribution < -0.4 is 5.32 Å². The molecule has 2 atom stereocenters. The molecule has 1 amide bonds. The minimum atomic E-state index is -1.10. The molecular weight excluding hydrogens is 360 g/mol. The third kappa shape index (κ3) is 4.93. The van der Waals surface area contributed by atoms with E-state index in [2.05, 4.69) is 5.32 Å². The van der Waals surface area contributed by atoms with E-state index in [-0.39, 0.29) is 49.7 Å². The lowest BCUT2D eigenvalue weighted by molar-refractivity contribution is -0.130. The second-order valence-corrected chi connectivity index (χ2v) is 7.00. The molecule has 1 N–H and O–H groups in total. The van der Waals surface area contributed by atoms with Gasteiger partial charge in [-0.1, -0.05) is 12.1 Å². The summed E-state index contributed by atoms with van der Waals surface area (Å²) in [4.78, 5) is 13.6. The van der Waals surface area contributed by atoms with E-state index in [9.17, 15) is 13.6 Å². The highest BCUT2D eigenvalue weighted by atomic mass is 35.5. The van der Waals surface area contributed by atoms with Crippen molar-refractivity contribution in [3.05, 3.63) is 35.6 Å². The van der Waals surface area contributed by atoms with E-state index in [1.54, 1.807) is 0 Å². The molecule has 2 unspecified atom stereocenters. The second-order valence-electron chi connectivity index (χ2n) is 7.00. The van der Waals surface area contributed by atoms with Crippen LogP contribution in [-0.4, -0.2) is 42.2 Å². The molecule has 1 heterocycles. The minimum Gasteiger partial charge on any atom is -0.323 e. The largest absolute Gasteiger partial charge is 0.323 e. The molecule has 7 heteroatoms. The second kappa shape index (κ2) is 9.29. The van der Waals surface area contributed by atoms with Crippen molar-refractivity contribution in [2.75, 3.05) is 13.1 Å². The van der Waals surface area contributed by atoms with Crippen LogP contribution >= 0.6 is 12.4 Å². The van der Waals surface area contributed by atoms with Crippen molar-refractivity contribution in [3.8, 4) is 6.07 Å². The molecule has 3 rings (SSSR count). The molecular formula is C19H24ClF2N3O. The van der Waals surface area contributed by atoms with Crippen LogP contribution in [0.25, 0.3) is 0 Å². The van der Waals surface area contributed by atoms with Crippen LogP contribution in [0.4, 0.5) is 8.78 Å². The van der Waals surface area contributed by atoms with Gasteiger partial charge in [-0.05, 0) is 49.3 Å². The number of hydrogen-bond acceptors (Lipinski definition) is 3. The summed E-state index contributed by atoms with van der Waals surface area (Å²) < 4.78 is 26.4. The number of nitrogens with one attached hydrogen (secondary N) is 1. The Morgan fingerprint density at radius 3 is 2.50 bits per heavy atom. The minimum absolute atomic E-state index is 0. The van der Waals surface area contributed by atoms with Gasteiger partial charge in [0, 0.05) is 12.5 Å². The molecule has 142 valence electrons. The molecule has 0 bridgehead atoms. The third-order valence-corrected chi connectivity index (χ3v) is 5.33. The van der Waals surface area contributed by atoms with Crippen molar-refractivity contribution in [2.45, 2.75) is 56.3 Å². The first-order chi connectivity index (χ1) is 12.1. The summed E-state index contributed by atoms with van der Waals surface area (Å²) in [6.07, 6.45) is 2.90. The summed E-state index contributed by atoms with van der Waals surface area (Å²) in [6.45, 7) is 0.173. The van der Waals surface area contributed by atoms with Gasteiger partial charge in [0.25, 0.3) is 0 Å². The maximum Gasteiger partial charge on any atom is 0.237 e. The highest BCUT2D eigenvalue weighted by molar-refractivity contribution is 5.85. The zero-order valence-electron chi connectivity index (χ0n) is 14.5. The van der Waals surface area contributed by atoms with E-state index in [1.807, 2.05) is 18.2 Å². The molecule has 1 aliphatic heterocycles. The monoisotopic (exact) mass is 383 g/mol. The van der Waals surface area contributed by atoms with E-state index >= 15 is 0 Å². The van der Waals surface area contributed by atoms with Crippen molar-refractivity contribution in [1.29, 1.82) is 5.26 Å². The maximum absolute atomic E-state index is 13.4. The zero-order valence-corrected chi connectivity index (χ0v) is 15.4. The molecule has 1 saturated heterocycles. The fraction of sp³-hybridized carbons (Fsp3) is 0.579. The van der Waals surface area contributed by atoms with Gasteiger partial charge in [-0.3, -0.25) is 4.79 Å². The first kappa shape index (κ1) is 20.6. The Labute approximate surface area is 159 Å². The summed E-state index contributed by atoms with van der Waals surface area (Å²) in [7, 11) is 0. The SMILES string of the molecule is Cl.N#CC1CC(F)CN1C(=O)CNC1CCC(c2ccc(F)cc2)CC1. The van der Waals surface area contributed by atoms with Gasteiger partial charge in [-0.15, -0.1) is 12.4 Å². The van der Waals surface area contributed by atoms with Gasteiger partial charge in [0.05, 0.1) is 19.2 Å². The lowest BCUT2D eigenvalue weighted by Crippen LogP contribution is -2.44. The van der Waals surface area contributed by atoms with Gasteiger partial charge < -0.3 is 10.2 Å². The van der Waals surface area contributed by atoms with Crippen LogP contribution in [-0.2, 0) is 4.79 Å². The van der Waals surface area contributed by atoms with Gasteiger partial charge in [0.2, 0.25) is 5.91 Å². The van der Waals surface area contributed by atoms with Crippen molar-refractivity contribution >= 4 is 18.3 Å². The molecule has 4 nitrogen and oxygen atoms in total. The van der Waals surface area contributed by atoms with Gasteiger partial charge in [0.1, 0.15) is 18.0 Å². The molecule has 2 fully saturated rings. The van der Waals surface area contributed by atoms with Crippen LogP contribution in [0, 0.1) is 17.1 Å². The third-order valence-electron chi connectivity index (χ3n) is 5.33. The number of nitrogens with zero attached hydrogens (tertiary/aromatic N) is 2. The molecule has 0 radical (unpaired) electrons. The van der Waals surface area contributed by atoms with Crippen LogP contribution in [0.5, 0.6) is 0 Å². The van der Waals surface area contributed by atoms with Crippen LogP contribution in [0.15, 0.2) is 24.3 Å². The number of rotatable bonds is 4. The number of benzene rings is 1. The molecule has 0 aromatic heterocycles. The summed E-state index contributed by atoms with van der Waals surface area (Å²) in [5.74, 6) is 0.0151. The smallest absolute Gasteiger partial charge is 0.237 e. The van der Waals surface area contributed by atoms with Crippen LogP contribution in [0.3, 0.4) is 0 Å². The van der Waals surface area contributed by atoms with E-state index in [1.165, 1.54) is 22.6 Å². The summed E-state index contributed by atoms with van der Waals surface area (Å²) >= 11 is 0. The fourth-order valence-electron chi connectivity index (χ4n) is 3.88. The summed E-state index contributed by atoms with van der Waals surface area (Å²) in [5, 5.41) is 12.3. The van der Waals surface area contributed by atoms with Crippen molar-refractivity contribution in [3.63, 3.8) is 0 Å². The fourth-order valence-corrected chi connectivity index (χ4v) is 3.88. The van der Waals surface area contributed by atoms with Gasteiger partial charge in [-0.2, -0.15) is 5.26 Å². The molecule has 1 saturated carbocycles. The number of carbonyl (C=O) groups excluding carboxylic acids is 1. The highest BCUT2D eigenvalue weighted by Gasteiger charge is 2.35. The van der Waals surface area contributed by atoms with Crippen molar-refractivity contribution in [2.24, 2.45) is 0 Å².